The molecule has 0 aromatic heterocycles. The fraction of sp³-hybridized carbons (Fsp3) is 0.200. The Labute approximate surface area is 127 Å². The second-order valence-electron chi connectivity index (χ2n) is 4.69. The van der Waals surface area contributed by atoms with Crippen LogP contribution in [0.1, 0.15) is 18.5 Å². The van der Waals surface area contributed by atoms with E-state index in [0.717, 1.165) is 12.1 Å². The second-order valence-corrected chi connectivity index (χ2v) is 6.41. The molecular formula is C15H15F2NO3S. The van der Waals surface area contributed by atoms with Crippen LogP contribution in [0.15, 0.2) is 47.4 Å². The molecule has 22 heavy (non-hydrogen) atoms. The molecule has 0 fully saturated rings. The van der Waals surface area contributed by atoms with Gasteiger partial charge in [0, 0.05) is 6.04 Å². The van der Waals surface area contributed by atoms with Crippen LogP contribution in [0, 0.1) is 11.6 Å². The van der Waals surface area contributed by atoms with Gasteiger partial charge in [-0.3, -0.25) is 0 Å². The molecule has 1 N–H and O–H groups in total. The van der Waals surface area contributed by atoms with Gasteiger partial charge in [-0.25, -0.2) is 21.9 Å². The number of hydrogen-bond donors (Lipinski definition) is 1. The lowest BCUT2D eigenvalue weighted by molar-refractivity contribution is 0.414. The van der Waals surface area contributed by atoms with Crippen LogP contribution in [0.3, 0.4) is 0 Å². The minimum atomic E-state index is -3.78. The molecule has 7 heteroatoms. The zero-order valence-electron chi connectivity index (χ0n) is 12.0. The van der Waals surface area contributed by atoms with Crippen molar-refractivity contribution in [2.75, 3.05) is 7.11 Å². The van der Waals surface area contributed by atoms with Gasteiger partial charge in [0.2, 0.25) is 10.0 Å². The van der Waals surface area contributed by atoms with Gasteiger partial charge in [-0.15, -0.1) is 0 Å². The molecule has 0 bridgehead atoms. The van der Waals surface area contributed by atoms with E-state index < -0.39 is 27.7 Å². The van der Waals surface area contributed by atoms with Crippen LogP contribution in [0.2, 0.25) is 0 Å². The van der Waals surface area contributed by atoms with Crippen LogP contribution < -0.4 is 9.46 Å². The highest BCUT2D eigenvalue weighted by molar-refractivity contribution is 7.89. The Morgan fingerprint density at radius 3 is 2.23 bits per heavy atom. The monoisotopic (exact) mass is 327 g/mol. The maximum absolute atomic E-state index is 13.2. The van der Waals surface area contributed by atoms with Gasteiger partial charge in [0.25, 0.3) is 0 Å². The van der Waals surface area contributed by atoms with E-state index in [1.54, 1.807) is 6.92 Å². The van der Waals surface area contributed by atoms with E-state index in [-0.39, 0.29) is 4.90 Å². The third-order valence-corrected chi connectivity index (χ3v) is 4.70. The molecule has 0 amide bonds. The van der Waals surface area contributed by atoms with Crippen LogP contribution in [0.25, 0.3) is 0 Å². The normalized spacial score (nSPS) is 12.9. The van der Waals surface area contributed by atoms with Crippen molar-refractivity contribution in [2.24, 2.45) is 0 Å². The largest absolute Gasteiger partial charge is 0.497 e. The van der Waals surface area contributed by atoms with Crippen LogP contribution in [0.5, 0.6) is 5.75 Å². The maximum Gasteiger partial charge on any atom is 0.241 e. The molecule has 0 aliphatic rings. The standard InChI is InChI=1S/C15H15F2NO3S/c1-10(11-3-8-14(16)15(17)9-11)18-22(19,20)13-6-4-12(21-2)5-7-13/h3-10,18H,1-2H3/t10-/m0/s1. The molecule has 0 saturated carbocycles. The SMILES string of the molecule is COc1ccc(S(=O)(=O)N[C@@H](C)c2ccc(F)c(F)c2)cc1. The number of sulfonamides is 1. The Morgan fingerprint density at radius 1 is 1.05 bits per heavy atom. The maximum atomic E-state index is 13.2. The van der Waals surface area contributed by atoms with E-state index in [9.17, 15) is 17.2 Å². The van der Waals surface area contributed by atoms with Crippen molar-refractivity contribution in [3.63, 3.8) is 0 Å². The van der Waals surface area contributed by atoms with Crippen molar-refractivity contribution in [1.29, 1.82) is 0 Å². The van der Waals surface area contributed by atoms with Gasteiger partial charge in [-0.2, -0.15) is 0 Å². The van der Waals surface area contributed by atoms with Crippen molar-refractivity contribution in [3.8, 4) is 5.75 Å². The first-order valence-corrected chi connectivity index (χ1v) is 7.93. The van der Waals surface area contributed by atoms with Gasteiger partial charge in [-0.05, 0) is 48.9 Å². The number of halogens is 2. The van der Waals surface area contributed by atoms with Crippen molar-refractivity contribution >= 4 is 10.0 Å². The molecule has 1 atom stereocenters. The molecule has 2 aromatic rings. The van der Waals surface area contributed by atoms with Crippen LogP contribution in [0.4, 0.5) is 8.78 Å². The highest BCUT2D eigenvalue weighted by atomic mass is 32.2. The summed E-state index contributed by atoms with van der Waals surface area (Å²) in [7, 11) is -2.30. The Kier molecular flexibility index (Phi) is 4.77. The average Bonchev–Trinajstić information content (AvgIpc) is 2.49. The summed E-state index contributed by atoms with van der Waals surface area (Å²) in [4.78, 5) is 0.0581. The van der Waals surface area contributed by atoms with E-state index in [1.165, 1.54) is 37.4 Å². The molecule has 2 rings (SSSR count). The van der Waals surface area contributed by atoms with E-state index in [2.05, 4.69) is 4.72 Å². The van der Waals surface area contributed by atoms with E-state index in [1.807, 2.05) is 0 Å². The Balaban J connectivity index is 2.21. The molecule has 2 aromatic carbocycles. The van der Waals surface area contributed by atoms with E-state index in [0.29, 0.717) is 11.3 Å². The lowest BCUT2D eigenvalue weighted by Crippen LogP contribution is -2.27. The topological polar surface area (TPSA) is 55.4 Å². The number of benzene rings is 2. The van der Waals surface area contributed by atoms with Gasteiger partial charge < -0.3 is 4.74 Å². The molecule has 0 radical (unpaired) electrons. The van der Waals surface area contributed by atoms with E-state index in [4.69, 9.17) is 4.74 Å². The number of rotatable bonds is 5. The quantitative estimate of drug-likeness (QED) is 0.918. The van der Waals surface area contributed by atoms with E-state index >= 15 is 0 Å². The molecule has 118 valence electrons. The number of nitrogens with one attached hydrogen (secondary N) is 1. The first-order valence-electron chi connectivity index (χ1n) is 6.45. The summed E-state index contributed by atoms with van der Waals surface area (Å²) in [5.74, 6) is -1.46. The van der Waals surface area contributed by atoms with Crippen LogP contribution >= 0.6 is 0 Å². The summed E-state index contributed by atoms with van der Waals surface area (Å²) >= 11 is 0. The summed E-state index contributed by atoms with van der Waals surface area (Å²) in [5.41, 5.74) is 0.330. The smallest absolute Gasteiger partial charge is 0.241 e. The molecule has 4 nitrogen and oxygen atoms in total. The zero-order chi connectivity index (χ0) is 16.3. The van der Waals surface area contributed by atoms with Crippen LogP contribution in [-0.2, 0) is 10.0 Å². The average molecular weight is 327 g/mol. The van der Waals surface area contributed by atoms with Crippen molar-refractivity contribution in [1.82, 2.24) is 4.72 Å². The number of methoxy groups -OCH3 is 1. The predicted octanol–water partition coefficient (Wildman–Crippen LogP) is 3.01. The third kappa shape index (κ3) is 3.61. The lowest BCUT2D eigenvalue weighted by Gasteiger charge is -2.15. The van der Waals surface area contributed by atoms with Crippen molar-refractivity contribution in [2.45, 2.75) is 17.9 Å². The molecule has 0 unspecified atom stereocenters. The van der Waals surface area contributed by atoms with Gasteiger partial charge >= 0.3 is 0 Å². The summed E-state index contributed by atoms with van der Waals surface area (Å²) in [6.45, 7) is 1.55. The third-order valence-electron chi connectivity index (χ3n) is 3.15. The highest BCUT2D eigenvalue weighted by Gasteiger charge is 2.19. The molecule has 0 heterocycles. The Hall–Kier alpha value is -1.99. The first-order chi connectivity index (χ1) is 10.3. The summed E-state index contributed by atoms with van der Waals surface area (Å²) < 4.78 is 58.0. The molecular weight excluding hydrogens is 312 g/mol. The molecule has 0 spiro atoms. The minimum Gasteiger partial charge on any atom is -0.497 e. The zero-order valence-corrected chi connectivity index (χ0v) is 12.8. The summed E-state index contributed by atoms with van der Waals surface area (Å²) in [5, 5.41) is 0. The Bertz CT molecular complexity index is 761. The molecule has 0 aliphatic carbocycles. The lowest BCUT2D eigenvalue weighted by atomic mass is 10.1. The predicted molar refractivity (Wildman–Crippen MR) is 78.1 cm³/mol. The van der Waals surface area contributed by atoms with Gasteiger partial charge in [0.15, 0.2) is 11.6 Å². The minimum absolute atomic E-state index is 0.0581. The number of ether oxygens (including phenoxy) is 1. The molecule has 0 aliphatic heterocycles. The van der Waals surface area contributed by atoms with Gasteiger partial charge in [0.05, 0.1) is 12.0 Å². The summed E-state index contributed by atoms with van der Waals surface area (Å²) in [6.07, 6.45) is 0. The molecule has 0 saturated heterocycles. The number of hydrogen-bond acceptors (Lipinski definition) is 3. The van der Waals surface area contributed by atoms with Crippen LogP contribution in [-0.4, -0.2) is 15.5 Å². The second kappa shape index (κ2) is 6.41. The fourth-order valence-electron chi connectivity index (χ4n) is 1.91. The van der Waals surface area contributed by atoms with Crippen molar-refractivity contribution < 1.29 is 21.9 Å². The van der Waals surface area contributed by atoms with Gasteiger partial charge in [0.1, 0.15) is 5.75 Å². The first kappa shape index (κ1) is 16.4. The summed E-state index contributed by atoms with van der Waals surface area (Å²) in [6, 6.07) is 8.41. The fourth-order valence-corrected chi connectivity index (χ4v) is 3.14. The Morgan fingerprint density at radius 2 is 1.68 bits per heavy atom. The highest BCUT2D eigenvalue weighted by Crippen LogP contribution is 2.20. The van der Waals surface area contributed by atoms with Crippen molar-refractivity contribution in [3.05, 3.63) is 59.7 Å². The van der Waals surface area contributed by atoms with Gasteiger partial charge in [-0.1, -0.05) is 6.07 Å².